The number of fused-ring (bicyclic) bond motifs is 3. The molecule has 0 unspecified atom stereocenters. The van der Waals surface area contributed by atoms with Crippen molar-refractivity contribution in [2.75, 3.05) is 5.32 Å². The lowest BCUT2D eigenvalue weighted by Crippen LogP contribution is -2.63. The molecule has 43 heavy (non-hydrogen) atoms. The highest BCUT2D eigenvalue weighted by atomic mass is 32.2. The van der Waals surface area contributed by atoms with Crippen LogP contribution in [0.1, 0.15) is 36.0 Å². The Hall–Kier alpha value is -4.73. The molecule has 3 aliphatic rings. The number of hydrogen-bond acceptors (Lipinski definition) is 11. The lowest BCUT2D eigenvalue weighted by Gasteiger charge is -2.50. The summed E-state index contributed by atoms with van der Waals surface area (Å²) in [6.45, 7) is 3.29. The molecule has 0 saturated heterocycles. The molecule has 0 spiro atoms. The first-order valence-corrected chi connectivity index (χ1v) is 14.4. The van der Waals surface area contributed by atoms with Gasteiger partial charge in [-0.05, 0) is 36.6 Å². The molecule has 9 N–H and O–H groups in total. The number of phenolic OH excluding ortho intramolecular Hbond substituents is 1. The van der Waals surface area contributed by atoms with Gasteiger partial charge in [0.15, 0.2) is 11.4 Å². The van der Waals surface area contributed by atoms with E-state index in [1.807, 2.05) is 0 Å². The van der Waals surface area contributed by atoms with Gasteiger partial charge in [-0.2, -0.15) is 0 Å². The highest BCUT2D eigenvalue weighted by Crippen LogP contribution is 2.56. The van der Waals surface area contributed by atoms with Crippen molar-refractivity contribution in [2.45, 2.75) is 42.8 Å². The van der Waals surface area contributed by atoms with Crippen LogP contribution in [0.15, 0.2) is 58.2 Å². The van der Waals surface area contributed by atoms with E-state index in [0.29, 0.717) is 0 Å². The summed E-state index contributed by atoms with van der Waals surface area (Å²) < 4.78 is 27.0. The van der Waals surface area contributed by atoms with E-state index in [1.54, 1.807) is 18.6 Å². The second-order valence-corrected chi connectivity index (χ2v) is 12.5. The Kier molecular flexibility index (Phi) is 6.87. The summed E-state index contributed by atoms with van der Waals surface area (Å²) in [5.74, 6) is -10.4. The van der Waals surface area contributed by atoms with Gasteiger partial charge >= 0.3 is 6.03 Å². The normalized spacial score (nSPS) is 26.8. The Morgan fingerprint density at radius 2 is 1.67 bits per heavy atom. The fourth-order valence-corrected chi connectivity index (χ4v) is 7.05. The van der Waals surface area contributed by atoms with Crippen LogP contribution in [-0.4, -0.2) is 69.2 Å². The number of nitrogens with two attached hydrogens (primary N) is 1. The van der Waals surface area contributed by atoms with Crippen molar-refractivity contribution < 1.29 is 53.1 Å². The molecule has 0 aromatic heterocycles. The smallest absolute Gasteiger partial charge is 0.333 e. The Balaban J connectivity index is 1.55. The molecule has 15 heteroatoms. The van der Waals surface area contributed by atoms with E-state index < -0.39 is 97.8 Å². The van der Waals surface area contributed by atoms with Gasteiger partial charge in [0.1, 0.15) is 22.8 Å². The molecule has 0 aliphatic heterocycles. The molecular weight excluding hydrogens is 586 g/mol. The molecule has 2 aromatic carbocycles. The summed E-state index contributed by atoms with van der Waals surface area (Å²) in [6.07, 6.45) is -2.40. The number of aromatic hydroxyl groups is 1. The fourth-order valence-electron chi connectivity index (χ4n) is 6.14. The highest BCUT2D eigenvalue weighted by Gasteiger charge is 2.64. The number of benzene rings is 2. The average molecular weight is 614 g/mol. The lowest BCUT2D eigenvalue weighted by atomic mass is 9.55. The summed E-state index contributed by atoms with van der Waals surface area (Å²) in [7, 11) is -4.30. The van der Waals surface area contributed by atoms with Crippen molar-refractivity contribution in [3.05, 3.63) is 70.0 Å². The third kappa shape index (κ3) is 4.35. The molecule has 5 atom stereocenters. The maximum Gasteiger partial charge on any atom is 0.333 e. The van der Waals surface area contributed by atoms with Crippen LogP contribution in [0.3, 0.4) is 0 Å². The molecule has 3 aliphatic carbocycles. The van der Waals surface area contributed by atoms with Crippen LogP contribution in [0.2, 0.25) is 0 Å². The minimum atomic E-state index is -4.30. The number of carbonyl (C=O) groups excluding carboxylic acids is 4. The number of sulfonamides is 1. The van der Waals surface area contributed by atoms with Crippen LogP contribution in [0.25, 0.3) is 5.76 Å². The summed E-state index contributed by atoms with van der Waals surface area (Å²) in [6, 6.07) is 6.97. The maximum atomic E-state index is 13.7. The zero-order valence-corrected chi connectivity index (χ0v) is 23.5. The molecule has 1 saturated carbocycles. The molecule has 226 valence electrons. The van der Waals surface area contributed by atoms with E-state index in [4.69, 9.17) is 5.73 Å². The number of ketones is 2. The number of nitrogens with one attached hydrogen (secondary N) is 2. The number of anilines is 1. The zero-order chi connectivity index (χ0) is 31.8. The predicted molar refractivity (Wildman–Crippen MR) is 148 cm³/mol. The number of primary amides is 1. The van der Waals surface area contributed by atoms with Gasteiger partial charge in [0.25, 0.3) is 15.9 Å². The SMILES string of the molecule is Cc1ccc(S(=O)(=O)NC(=O)Nc2ccc3c(c2O)C(O)=C2C(=O)[C@]4(O)C(O)=C(C(N)=O)C(=O)C[C@@H]4[C@@H](O)[C@@H]2[C@H]3C)cc1. The first-order valence-electron chi connectivity index (χ1n) is 12.9. The third-order valence-electron chi connectivity index (χ3n) is 8.31. The predicted octanol–water partition coefficient (Wildman–Crippen LogP) is 0.775. The van der Waals surface area contributed by atoms with Gasteiger partial charge in [-0.3, -0.25) is 14.4 Å². The van der Waals surface area contributed by atoms with Crippen LogP contribution in [-0.2, 0) is 24.4 Å². The standard InChI is InChI=1S/C28H27N3O11S/c1-10-3-5-12(6-4-10)43(41,42)31-27(39)30-15-8-7-13-11(2)17-20(23(35)18(13)22(15)34)25(37)28(40)14(21(17)33)9-16(32)19(24(28)36)26(29)38/h3-8,11,14,17,21,33-36,40H,9H2,1-2H3,(H2,29,38)(H2,30,31,39)/t11-,14+,17+,21+,28+/m0/s1. The molecule has 0 bridgehead atoms. The molecule has 3 amide bonds. The number of amides is 3. The van der Waals surface area contributed by atoms with E-state index in [0.717, 1.165) is 5.56 Å². The van der Waals surface area contributed by atoms with Crippen molar-refractivity contribution in [3.8, 4) is 5.75 Å². The van der Waals surface area contributed by atoms with E-state index >= 15 is 0 Å². The van der Waals surface area contributed by atoms with Crippen molar-refractivity contribution in [1.82, 2.24) is 4.72 Å². The van der Waals surface area contributed by atoms with E-state index in [1.165, 1.54) is 36.4 Å². The topological polar surface area (TPSA) is 254 Å². The van der Waals surface area contributed by atoms with Crippen molar-refractivity contribution >= 4 is 45.0 Å². The Bertz CT molecular complexity index is 1800. The Labute approximate surface area is 244 Å². The lowest BCUT2D eigenvalue weighted by molar-refractivity contribution is -0.160. The summed E-state index contributed by atoms with van der Waals surface area (Å²) in [5, 5.41) is 57.9. The average Bonchev–Trinajstić information content (AvgIpc) is 2.92. The minimum absolute atomic E-state index is 0.197. The monoisotopic (exact) mass is 613 g/mol. The molecule has 0 radical (unpaired) electrons. The first kappa shape index (κ1) is 29.8. The van der Waals surface area contributed by atoms with Crippen LogP contribution in [0.5, 0.6) is 5.75 Å². The molecular formula is C28H27N3O11S. The molecule has 2 aromatic rings. The van der Waals surface area contributed by atoms with Crippen LogP contribution in [0, 0.1) is 18.8 Å². The number of aryl methyl sites for hydroxylation is 1. The maximum absolute atomic E-state index is 13.7. The number of aliphatic hydroxyl groups is 4. The zero-order valence-electron chi connectivity index (χ0n) is 22.7. The summed E-state index contributed by atoms with van der Waals surface area (Å²) >= 11 is 0. The first-order chi connectivity index (χ1) is 20.0. The van der Waals surface area contributed by atoms with E-state index in [2.05, 4.69) is 5.32 Å². The number of Topliss-reactive ketones (excluding diaryl/α,β-unsaturated/α-hetero) is 2. The number of urea groups is 1. The van der Waals surface area contributed by atoms with Crippen LogP contribution < -0.4 is 15.8 Å². The van der Waals surface area contributed by atoms with Crippen molar-refractivity contribution in [2.24, 2.45) is 17.6 Å². The molecule has 5 rings (SSSR count). The van der Waals surface area contributed by atoms with Gasteiger partial charge in [-0.25, -0.2) is 17.9 Å². The van der Waals surface area contributed by atoms with E-state index in [9.17, 15) is 53.1 Å². The Morgan fingerprint density at radius 3 is 2.28 bits per heavy atom. The number of aliphatic hydroxyl groups excluding tert-OH is 3. The van der Waals surface area contributed by atoms with Crippen molar-refractivity contribution in [3.63, 3.8) is 0 Å². The van der Waals surface area contributed by atoms with Gasteiger partial charge in [0.2, 0.25) is 5.78 Å². The Morgan fingerprint density at radius 1 is 1.05 bits per heavy atom. The number of phenols is 1. The highest BCUT2D eigenvalue weighted by molar-refractivity contribution is 7.90. The van der Waals surface area contributed by atoms with E-state index in [-0.39, 0.29) is 21.7 Å². The number of rotatable bonds is 4. The second kappa shape index (κ2) is 9.93. The summed E-state index contributed by atoms with van der Waals surface area (Å²) in [5.41, 5.74) is 0.824. The minimum Gasteiger partial charge on any atom is -0.508 e. The fraction of sp³-hybridized carbons (Fsp3) is 0.286. The second-order valence-electron chi connectivity index (χ2n) is 10.8. The van der Waals surface area contributed by atoms with Gasteiger partial charge in [-0.15, -0.1) is 0 Å². The van der Waals surface area contributed by atoms with Crippen molar-refractivity contribution in [1.29, 1.82) is 0 Å². The quantitative estimate of drug-likeness (QED) is 0.177. The van der Waals surface area contributed by atoms with Crippen LogP contribution >= 0.6 is 0 Å². The number of hydrogen-bond donors (Lipinski definition) is 8. The van der Waals surface area contributed by atoms with Gasteiger partial charge in [-0.1, -0.05) is 30.7 Å². The number of carbonyl (C=O) groups is 4. The molecule has 14 nitrogen and oxygen atoms in total. The van der Waals surface area contributed by atoms with Crippen LogP contribution in [0.4, 0.5) is 10.5 Å². The van der Waals surface area contributed by atoms with Gasteiger partial charge < -0.3 is 36.6 Å². The largest absolute Gasteiger partial charge is 0.508 e. The molecule has 0 heterocycles. The molecule has 1 fully saturated rings. The van der Waals surface area contributed by atoms with Gasteiger partial charge in [0.05, 0.1) is 22.3 Å². The van der Waals surface area contributed by atoms with Gasteiger partial charge in [0, 0.05) is 23.8 Å². The third-order valence-corrected chi connectivity index (χ3v) is 9.65. The summed E-state index contributed by atoms with van der Waals surface area (Å²) in [4.78, 5) is 50.5.